The van der Waals surface area contributed by atoms with E-state index in [1.807, 2.05) is 26.0 Å². The molecule has 15 heteroatoms. The summed E-state index contributed by atoms with van der Waals surface area (Å²) < 4.78 is 12.9. The van der Waals surface area contributed by atoms with Gasteiger partial charge in [0.05, 0.1) is 28.3 Å². The van der Waals surface area contributed by atoms with E-state index >= 15 is 0 Å². The molecule has 5 amide bonds. The molecule has 4 fully saturated rings. The van der Waals surface area contributed by atoms with E-state index in [1.54, 1.807) is 30.6 Å². The van der Waals surface area contributed by atoms with Gasteiger partial charge in [-0.05, 0) is 88.3 Å². The fourth-order valence-electron chi connectivity index (χ4n) is 11.0. The second kappa shape index (κ2) is 16.7. The maximum atomic E-state index is 13.6. The molecule has 0 radical (unpaired) electrons. The Balaban J connectivity index is 0.811. The van der Waals surface area contributed by atoms with Gasteiger partial charge >= 0.3 is 0 Å². The molecule has 3 aliphatic heterocycles. The molecule has 8 rings (SSSR count). The monoisotopic (exact) mass is 858 g/mol. The molecule has 3 aromatic rings. The third kappa shape index (κ3) is 8.02. The van der Waals surface area contributed by atoms with E-state index in [4.69, 9.17) is 9.47 Å². The molecule has 1 atom stereocenters. The highest BCUT2D eigenvalue weighted by molar-refractivity contribution is 6.24. The molecule has 2 saturated heterocycles. The predicted octanol–water partition coefficient (Wildman–Crippen LogP) is 5.52. The zero-order valence-corrected chi connectivity index (χ0v) is 37.5. The lowest BCUT2D eigenvalue weighted by Gasteiger charge is -2.63. The number of benzene rings is 2. The fraction of sp³-hybridized carbons (Fsp3) is 0.542. The Morgan fingerprint density at radius 2 is 1.62 bits per heavy atom. The number of fused-ring (bicyclic) bond motifs is 1. The maximum absolute atomic E-state index is 13.6. The standard InChI is InChI=1S/C48H58N8O7/c1-26(2)55(31-20-33(21-31)62-37-11-9-10-34-39(37)43(61)56(42(34)60)36-12-13-38(57)52-41(36)59)25-29-14-16-54(17-15-29)46-50-23-30(24-51-46)40(58)53-44-47(5,6)45(48(44,7)8)63-32-18-27(3)35(22-49)28(4)19-32/h9-11,18-19,23-24,26,29,31,33,36,44-45H,12-17,20-21,25H2,1-8H3,(H,53,58)(H,52,57,59). The van der Waals surface area contributed by atoms with Crippen molar-refractivity contribution in [2.45, 2.75) is 130 Å². The predicted molar refractivity (Wildman–Crippen MR) is 233 cm³/mol. The maximum Gasteiger partial charge on any atom is 0.266 e. The Kier molecular flexibility index (Phi) is 11.6. The number of carbonyl (C=O) groups excluding carboxylic acids is 5. The number of nitriles is 1. The molecule has 2 aromatic carbocycles. The quantitative estimate of drug-likeness (QED) is 0.218. The minimum Gasteiger partial charge on any atom is -0.489 e. The lowest BCUT2D eigenvalue weighted by Crippen LogP contribution is -2.74. The summed E-state index contributed by atoms with van der Waals surface area (Å²) >= 11 is 0. The smallest absolute Gasteiger partial charge is 0.266 e. The summed E-state index contributed by atoms with van der Waals surface area (Å²) in [6.07, 6.45) is 6.63. The van der Waals surface area contributed by atoms with Crippen LogP contribution >= 0.6 is 0 Å². The van der Waals surface area contributed by atoms with E-state index in [2.05, 4.69) is 78.0 Å². The molecule has 15 nitrogen and oxygen atoms in total. The second-order valence-corrected chi connectivity index (χ2v) is 19.6. The molecule has 2 aliphatic carbocycles. The first-order valence-electron chi connectivity index (χ1n) is 22.2. The van der Waals surface area contributed by atoms with Gasteiger partial charge in [-0.15, -0.1) is 0 Å². The van der Waals surface area contributed by atoms with E-state index in [1.165, 1.54) is 0 Å². The molecular weight excluding hydrogens is 801 g/mol. The SMILES string of the molecule is Cc1cc(OC2C(C)(C)C(NC(=O)c3cnc(N4CCC(CN(C(C)C)C5CC(Oc6cccc7c6C(=O)N(C6CCC(=O)NC6=O)C7=O)C5)CC4)nc3)C2(C)C)cc(C)c1C#N. The molecule has 2 N–H and O–H groups in total. The molecule has 1 aromatic heterocycles. The van der Waals surface area contributed by atoms with Crippen LogP contribution in [0.2, 0.25) is 0 Å². The first-order valence-corrected chi connectivity index (χ1v) is 22.2. The number of nitrogens with one attached hydrogen (secondary N) is 2. The van der Waals surface area contributed by atoms with Crippen LogP contribution in [0.1, 0.15) is 128 Å². The molecule has 63 heavy (non-hydrogen) atoms. The van der Waals surface area contributed by atoms with Crippen LogP contribution in [0, 0.1) is 41.9 Å². The Morgan fingerprint density at radius 3 is 2.22 bits per heavy atom. The van der Waals surface area contributed by atoms with E-state index in [0.29, 0.717) is 40.8 Å². The number of nitrogens with zero attached hydrogens (tertiary/aromatic N) is 6. The number of piperidine rings is 2. The minimum atomic E-state index is -1.03. The molecular formula is C48H58N8O7. The van der Waals surface area contributed by atoms with Crippen LogP contribution in [0.5, 0.6) is 11.5 Å². The van der Waals surface area contributed by atoms with E-state index in [-0.39, 0.29) is 59.0 Å². The summed E-state index contributed by atoms with van der Waals surface area (Å²) in [5, 5.41) is 15.0. The van der Waals surface area contributed by atoms with Gasteiger partial charge < -0.3 is 19.7 Å². The second-order valence-electron chi connectivity index (χ2n) is 19.6. The van der Waals surface area contributed by atoms with Gasteiger partial charge in [0, 0.05) is 80.2 Å². The number of hydrogen-bond donors (Lipinski definition) is 2. The molecule has 4 heterocycles. The third-order valence-corrected chi connectivity index (χ3v) is 14.2. The zero-order valence-electron chi connectivity index (χ0n) is 37.5. The highest BCUT2D eigenvalue weighted by atomic mass is 16.5. The summed E-state index contributed by atoms with van der Waals surface area (Å²) in [6.45, 7) is 19.2. The number of amides is 5. The number of anilines is 1. The summed E-state index contributed by atoms with van der Waals surface area (Å²) in [5.41, 5.74) is 2.49. The first kappa shape index (κ1) is 43.8. The van der Waals surface area contributed by atoms with E-state index in [9.17, 15) is 29.2 Å². The highest BCUT2D eigenvalue weighted by Crippen LogP contribution is 2.55. The van der Waals surface area contributed by atoms with Gasteiger partial charge in [0.1, 0.15) is 29.7 Å². The number of hydrogen-bond acceptors (Lipinski definition) is 12. The van der Waals surface area contributed by atoms with Crippen molar-refractivity contribution in [2.75, 3.05) is 24.5 Å². The first-order chi connectivity index (χ1) is 29.9. The van der Waals surface area contributed by atoms with Crippen molar-refractivity contribution < 1.29 is 33.4 Å². The largest absolute Gasteiger partial charge is 0.489 e. The van der Waals surface area contributed by atoms with Crippen molar-refractivity contribution in [2.24, 2.45) is 16.7 Å². The van der Waals surface area contributed by atoms with Crippen molar-refractivity contribution in [3.8, 4) is 17.6 Å². The van der Waals surface area contributed by atoms with E-state index < -0.39 is 29.7 Å². The van der Waals surface area contributed by atoms with Crippen LogP contribution in [-0.2, 0) is 9.59 Å². The Bertz CT molecular complexity index is 2340. The van der Waals surface area contributed by atoms with Crippen LogP contribution < -0.4 is 25.0 Å². The number of aromatic nitrogens is 2. The number of rotatable bonds is 12. The Labute approximate surface area is 368 Å². The molecule has 0 spiro atoms. The van der Waals surface area contributed by atoms with Crippen LogP contribution in [0.3, 0.4) is 0 Å². The normalized spacial score (nSPS) is 25.3. The van der Waals surface area contributed by atoms with Crippen molar-refractivity contribution in [1.29, 1.82) is 5.26 Å². The average molecular weight is 859 g/mol. The number of ether oxygens (including phenoxy) is 2. The molecule has 1 unspecified atom stereocenters. The molecule has 332 valence electrons. The van der Waals surface area contributed by atoms with Crippen LogP contribution in [0.25, 0.3) is 0 Å². The van der Waals surface area contributed by atoms with Crippen molar-refractivity contribution in [3.63, 3.8) is 0 Å². The average Bonchev–Trinajstić information content (AvgIpc) is 3.48. The minimum absolute atomic E-state index is 0.0625. The van der Waals surface area contributed by atoms with Gasteiger partial charge in [0.25, 0.3) is 17.7 Å². The Morgan fingerprint density at radius 1 is 0.968 bits per heavy atom. The topological polar surface area (TPSA) is 187 Å². The lowest BCUT2D eigenvalue weighted by atomic mass is 9.49. The summed E-state index contributed by atoms with van der Waals surface area (Å²) in [4.78, 5) is 79.6. The molecule has 2 saturated carbocycles. The summed E-state index contributed by atoms with van der Waals surface area (Å²) in [5.74, 6) is -0.215. The number of aryl methyl sites for hydroxylation is 2. The summed E-state index contributed by atoms with van der Waals surface area (Å²) in [7, 11) is 0. The van der Waals surface area contributed by atoms with E-state index in [0.717, 1.165) is 67.1 Å². The number of imide groups is 2. The van der Waals surface area contributed by atoms with Gasteiger partial charge in [-0.2, -0.15) is 5.26 Å². The molecule has 0 bridgehead atoms. The van der Waals surface area contributed by atoms with Crippen LogP contribution in [0.4, 0.5) is 5.95 Å². The van der Waals surface area contributed by atoms with Crippen LogP contribution in [-0.4, -0.2) is 105 Å². The zero-order chi connectivity index (χ0) is 45.1. The van der Waals surface area contributed by atoms with Gasteiger partial charge in [0.15, 0.2) is 0 Å². The highest BCUT2D eigenvalue weighted by Gasteiger charge is 2.64. The van der Waals surface area contributed by atoms with Gasteiger partial charge in [-0.3, -0.25) is 39.1 Å². The lowest BCUT2D eigenvalue weighted by molar-refractivity contribution is -0.164. The van der Waals surface area contributed by atoms with Gasteiger partial charge in [-0.25, -0.2) is 9.97 Å². The van der Waals surface area contributed by atoms with Crippen molar-refractivity contribution in [1.82, 2.24) is 30.4 Å². The molecule has 5 aliphatic rings. The Hall–Kier alpha value is -5.88. The van der Waals surface area contributed by atoms with Crippen molar-refractivity contribution >= 4 is 35.5 Å². The van der Waals surface area contributed by atoms with Crippen molar-refractivity contribution in [3.05, 3.63) is 76.1 Å². The fourth-order valence-corrected chi connectivity index (χ4v) is 11.0. The summed E-state index contributed by atoms with van der Waals surface area (Å²) in [6, 6.07) is 10.5. The van der Waals surface area contributed by atoms with Gasteiger partial charge in [-0.1, -0.05) is 33.8 Å². The third-order valence-electron chi connectivity index (χ3n) is 14.2. The van der Waals surface area contributed by atoms with Crippen LogP contribution in [0.15, 0.2) is 42.7 Å². The van der Waals surface area contributed by atoms with Gasteiger partial charge in [0.2, 0.25) is 17.8 Å². The number of carbonyl (C=O) groups is 5.